The molecule has 0 heteroatoms. The van der Waals surface area contributed by atoms with E-state index in [-0.39, 0.29) is 0 Å². The lowest BCUT2D eigenvalue weighted by atomic mass is 9.95. The van der Waals surface area contributed by atoms with Crippen LogP contribution in [0.2, 0.25) is 0 Å². The molecular formula is C16H30. The normalized spacial score (nSPS) is 16.6. The SMILES string of the molecule is CC.CCC/C(=C/C1=C(C)CCC1)C(C)C. The van der Waals surface area contributed by atoms with E-state index in [0.29, 0.717) is 0 Å². The van der Waals surface area contributed by atoms with Crippen molar-refractivity contribution >= 4 is 0 Å². The molecule has 0 spiro atoms. The number of hydrogen-bond donors (Lipinski definition) is 0. The van der Waals surface area contributed by atoms with E-state index in [2.05, 4.69) is 33.8 Å². The van der Waals surface area contributed by atoms with Crippen LogP contribution >= 0.6 is 0 Å². The smallest absolute Gasteiger partial charge is 0.0257 e. The van der Waals surface area contributed by atoms with Crippen molar-refractivity contribution < 1.29 is 0 Å². The average Bonchev–Trinajstić information content (AvgIpc) is 2.66. The number of hydrogen-bond acceptors (Lipinski definition) is 0. The molecule has 0 saturated heterocycles. The van der Waals surface area contributed by atoms with Crippen LogP contribution in [0.4, 0.5) is 0 Å². The van der Waals surface area contributed by atoms with Crippen molar-refractivity contribution in [2.45, 2.75) is 73.6 Å². The average molecular weight is 222 g/mol. The molecule has 0 aromatic rings. The van der Waals surface area contributed by atoms with Crippen LogP contribution in [-0.2, 0) is 0 Å². The highest BCUT2D eigenvalue weighted by atomic mass is 14.2. The Kier molecular flexibility index (Phi) is 8.33. The quantitative estimate of drug-likeness (QED) is 0.556. The minimum atomic E-state index is 0.718. The van der Waals surface area contributed by atoms with E-state index in [9.17, 15) is 0 Å². The van der Waals surface area contributed by atoms with E-state index in [0.717, 1.165) is 5.92 Å². The molecule has 0 N–H and O–H groups in total. The molecule has 0 aliphatic heterocycles. The van der Waals surface area contributed by atoms with Crippen LogP contribution < -0.4 is 0 Å². The maximum absolute atomic E-state index is 2.48. The highest BCUT2D eigenvalue weighted by Crippen LogP contribution is 2.29. The molecular weight excluding hydrogens is 192 g/mol. The zero-order chi connectivity index (χ0) is 12.6. The maximum atomic E-state index is 2.48. The summed E-state index contributed by atoms with van der Waals surface area (Å²) in [6.07, 6.45) is 9.03. The molecule has 1 rings (SSSR count). The minimum Gasteiger partial charge on any atom is -0.0701 e. The molecule has 1 aliphatic rings. The largest absolute Gasteiger partial charge is 0.0701 e. The van der Waals surface area contributed by atoms with Crippen LogP contribution in [-0.4, -0.2) is 0 Å². The van der Waals surface area contributed by atoms with Crippen molar-refractivity contribution in [2.24, 2.45) is 5.92 Å². The van der Waals surface area contributed by atoms with Gasteiger partial charge in [0.25, 0.3) is 0 Å². The Hall–Kier alpha value is -0.520. The maximum Gasteiger partial charge on any atom is -0.0257 e. The molecule has 0 fully saturated rings. The highest BCUT2D eigenvalue weighted by Gasteiger charge is 2.10. The van der Waals surface area contributed by atoms with Gasteiger partial charge in [-0.25, -0.2) is 0 Å². The van der Waals surface area contributed by atoms with E-state index >= 15 is 0 Å². The van der Waals surface area contributed by atoms with Crippen molar-refractivity contribution in [3.8, 4) is 0 Å². The highest BCUT2D eigenvalue weighted by molar-refractivity contribution is 5.31. The summed E-state index contributed by atoms with van der Waals surface area (Å²) in [5.41, 5.74) is 4.89. The zero-order valence-corrected chi connectivity index (χ0v) is 12.2. The van der Waals surface area contributed by atoms with Gasteiger partial charge in [-0.2, -0.15) is 0 Å². The Morgan fingerprint density at radius 2 is 1.88 bits per heavy atom. The first-order chi connectivity index (χ1) is 7.65. The van der Waals surface area contributed by atoms with Gasteiger partial charge in [0.1, 0.15) is 0 Å². The summed E-state index contributed by atoms with van der Waals surface area (Å²) in [5.74, 6) is 0.718. The Morgan fingerprint density at radius 1 is 1.25 bits per heavy atom. The molecule has 0 heterocycles. The number of allylic oxidation sites excluding steroid dienone is 4. The summed E-state index contributed by atoms with van der Waals surface area (Å²) in [7, 11) is 0. The second kappa shape index (κ2) is 8.61. The van der Waals surface area contributed by atoms with Crippen LogP contribution in [0.5, 0.6) is 0 Å². The molecule has 0 aromatic heterocycles. The van der Waals surface area contributed by atoms with Gasteiger partial charge in [0.05, 0.1) is 0 Å². The summed E-state index contributed by atoms with van der Waals surface area (Å²) in [6, 6.07) is 0. The molecule has 0 nitrogen and oxygen atoms in total. The topological polar surface area (TPSA) is 0 Å². The second-order valence-corrected chi connectivity index (χ2v) is 4.78. The van der Waals surface area contributed by atoms with Crippen LogP contribution in [0.1, 0.15) is 73.6 Å². The van der Waals surface area contributed by atoms with Crippen molar-refractivity contribution in [3.63, 3.8) is 0 Å². The van der Waals surface area contributed by atoms with Crippen LogP contribution in [0.25, 0.3) is 0 Å². The molecule has 1 aliphatic carbocycles. The molecule has 0 radical (unpaired) electrons. The molecule has 0 unspecified atom stereocenters. The summed E-state index contributed by atoms with van der Waals surface area (Å²) < 4.78 is 0. The van der Waals surface area contributed by atoms with E-state index < -0.39 is 0 Å². The second-order valence-electron chi connectivity index (χ2n) is 4.78. The molecule has 94 valence electrons. The first kappa shape index (κ1) is 15.5. The van der Waals surface area contributed by atoms with Gasteiger partial charge in [-0.05, 0) is 44.1 Å². The predicted molar refractivity (Wildman–Crippen MR) is 75.7 cm³/mol. The first-order valence-corrected chi connectivity index (χ1v) is 7.04. The zero-order valence-electron chi connectivity index (χ0n) is 12.2. The Balaban J connectivity index is 0.00000106. The van der Waals surface area contributed by atoms with E-state index in [1.54, 1.807) is 16.7 Å². The van der Waals surface area contributed by atoms with Gasteiger partial charge >= 0.3 is 0 Å². The fourth-order valence-electron chi connectivity index (χ4n) is 2.15. The summed E-state index contributed by atoms with van der Waals surface area (Å²) in [5, 5.41) is 0. The van der Waals surface area contributed by atoms with E-state index in [1.807, 2.05) is 13.8 Å². The van der Waals surface area contributed by atoms with Crippen molar-refractivity contribution in [3.05, 3.63) is 22.8 Å². The molecule has 0 amide bonds. The molecule has 0 bridgehead atoms. The van der Waals surface area contributed by atoms with Gasteiger partial charge in [-0.15, -0.1) is 0 Å². The van der Waals surface area contributed by atoms with Crippen molar-refractivity contribution in [1.29, 1.82) is 0 Å². The fourth-order valence-corrected chi connectivity index (χ4v) is 2.15. The Bertz CT molecular complexity index is 241. The lowest BCUT2D eigenvalue weighted by Crippen LogP contribution is -1.94. The Labute approximate surface area is 103 Å². The number of rotatable bonds is 4. The van der Waals surface area contributed by atoms with Crippen LogP contribution in [0.15, 0.2) is 22.8 Å². The van der Waals surface area contributed by atoms with Gasteiger partial charge in [0.15, 0.2) is 0 Å². The summed E-state index contributed by atoms with van der Waals surface area (Å²) in [4.78, 5) is 0. The molecule has 16 heavy (non-hydrogen) atoms. The molecule has 0 aromatic carbocycles. The van der Waals surface area contributed by atoms with Gasteiger partial charge in [0, 0.05) is 0 Å². The third-order valence-electron chi connectivity index (χ3n) is 3.19. The van der Waals surface area contributed by atoms with Crippen LogP contribution in [0, 0.1) is 5.92 Å². The first-order valence-electron chi connectivity index (χ1n) is 7.04. The van der Waals surface area contributed by atoms with Gasteiger partial charge in [-0.3, -0.25) is 0 Å². The summed E-state index contributed by atoms with van der Waals surface area (Å²) in [6.45, 7) is 13.2. The summed E-state index contributed by atoms with van der Waals surface area (Å²) >= 11 is 0. The van der Waals surface area contributed by atoms with E-state index in [4.69, 9.17) is 0 Å². The third-order valence-corrected chi connectivity index (χ3v) is 3.19. The van der Waals surface area contributed by atoms with Crippen LogP contribution in [0.3, 0.4) is 0 Å². The standard InChI is InChI=1S/C14H24.C2H6/c1-5-7-13(11(2)3)10-14-9-6-8-12(14)4;1-2/h10-11H,5-9H2,1-4H3;1-2H3/b13-10-;. The fraction of sp³-hybridized carbons (Fsp3) is 0.750. The predicted octanol–water partition coefficient (Wildman–Crippen LogP) is 5.90. The third kappa shape index (κ3) is 5.01. The monoisotopic (exact) mass is 222 g/mol. The van der Waals surface area contributed by atoms with Gasteiger partial charge in [-0.1, -0.05) is 58.3 Å². The molecule has 0 saturated carbocycles. The lowest BCUT2D eigenvalue weighted by Gasteiger charge is -2.11. The van der Waals surface area contributed by atoms with Crippen molar-refractivity contribution in [1.82, 2.24) is 0 Å². The van der Waals surface area contributed by atoms with Crippen molar-refractivity contribution in [2.75, 3.05) is 0 Å². The Morgan fingerprint density at radius 3 is 2.25 bits per heavy atom. The molecule has 0 atom stereocenters. The minimum absolute atomic E-state index is 0.718. The van der Waals surface area contributed by atoms with E-state index in [1.165, 1.54) is 32.1 Å². The lowest BCUT2D eigenvalue weighted by molar-refractivity contribution is 0.699. The van der Waals surface area contributed by atoms with Gasteiger partial charge < -0.3 is 0 Å². The van der Waals surface area contributed by atoms with Gasteiger partial charge in [0.2, 0.25) is 0 Å².